The van der Waals surface area contributed by atoms with Crippen molar-refractivity contribution in [1.29, 1.82) is 0 Å². The zero-order valence-corrected chi connectivity index (χ0v) is 16.6. The third kappa shape index (κ3) is 4.60. The molecule has 0 unspecified atom stereocenters. The van der Waals surface area contributed by atoms with Crippen LogP contribution in [-0.4, -0.2) is 43.0 Å². The molecule has 0 fully saturated rings. The van der Waals surface area contributed by atoms with Crippen LogP contribution in [0.25, 0.3) is 0 Å². The number of hydrogen-bond acceptors (Lipinski definition) is 5. The van der Waals surface area contributed by atoms with Gasteiger partial charge in [0, 0.05) is 25.0 Å². The van der Waals surface area contributed by atoms with E-state index in [1.807, 2.05) is 61.5 Å². The highest BCUT2D eigenvalue weighted by molar-refractivity contribution is 5.94. The molecule has 2 heterocycles. The maximum Gasteiger partial charge on any atom is 0.254 e. The molecule has 0 aliphatic rings. The van der Waals surface area contributed by atoms with Crippen LogP contribution in [0.2, 0.25) is 0 Å². The lowest BCUT2D eigenvalue weighted by Gasteiger charge is -2.28. The first-order valence-electron chi connectivity index (χ1n) is 9.59. The van der Waals surface area contributed by atoms with Crippen molar-refractivity contribution in [2.45, 2.75) is 45.7 Å². The zero-order chi connectivity index (χ0) is 19.9. The fraction of sp³-hybridized carbons (Fsp3) is 0.381. The maximum absolute atomic E-state index is 13.1. The summed E-state index contributed by atoms with van der Waals surface area (Å²) in [5, 5.41) is 11.5. The average molecular weight is 378 g/mol. The molecule has 1 atom stereocenters. The summed E-state index contributed by atoms with van der Waals surface area (Å²) in [5.41, 5.74) is 2.78. The van der Waals surface area contributed by atoms with E-state index in [0.29, 0.717) is 12.1 Å². The zero-order valence-electron chi connectivity index (χ0n) is 16.6. The quantitative estimate of drug-likeness (QED) is 0.600. The van der Waals surface area contributed by atoms with E-state index in [4.69, 9.17) is 0 Å². The highest BCUT2D eigenvalue weighted by Gasteiger charge is 2.22. The van der Waals surface area contributed by atoms with E-state index >= 15 is 0 Å². The summed E-state index contributed by atoms with van der Waals surface area (Å²) < 4.78 is 1.73. The lowest BCUT2D eigenvalue weighted by Crippen LogP contribution is -2.31. The van der Waals surface area contributed by atoms with Crippen molar-refractivity contribution in [3.63, 3.8) is 0 Å². The number of benzene rings is 1. The van der Waals surface area contributed by atoms with E-state index in [0.717, 1.165) is 36.2 Å². The first kappa shape index (κ1) is 19.7. The number of aromatic nitrogens is 5. The second kappa shape index (κ2) is 9.21. The molecule has 0 aliphatic heterocycles. The minimum Gasteiger partial charge on any atom is -0.335 e. The van der Waals surface area contributed by atoms with Crippen molar-refractivity contribution in [3.8, 4) is 0 Å². The van der Waals surface area contributed by atoms with Crippen LogP contribution in [0.1, 0.15) is 59.5 Å². The van der Waals surface area contributed by atoms with E-state index in [9.17, 15) is 4.79 Å². The number of tetrazole rings is 1. The largest absolute Gasteiger partial charge is 0.335 e. The molecule has 1 amide bonds. The van der Waals surface area contributed by atoms with Gasteiger partial charge < -0.3 is 4.90 Å². The molecule has 1 aromatic carbocycles. The number of carbonyl (C=O) groups excluding carboxylic acids is 1. The van der Waals surface area contributed by atoms with Gasteiger partial charge in [0.1, 0.15) is 5.82 Å². The van der Waals surface area contributed by atoms with Gasteiger partial charge in [0.2, 0.25) is 0 Å². The number of aryl methyl sites for hydroxylation is 1. The van der Waals surface area contributed by atoms with Crippen molar-refractivity contribution in [2.24, 2.45) is 0 Å². The summed E-state index contributed by atoms with van der Waals surface area (Å²) in [6.07, 6.45) is 6.67. The molecular weight excluding hydrogens is 352 g/mol. The summed E-state index contributed by atoms with van der Waals surface area (Å²) in [5.74, 6) is 0.769. The fourth-order valence-electron chi connectivity index (χ4n) is 3.22. The van der Waals surface area contributed by atoms with Crippen molar-refractivity contribution in [3.05, 3.63) is 71.3 Å². The second-order valence-electron chi connectivity index (χ2n) is 6.94. The summed E-state index contributed by atoms with van der Waals surface area (Å²) in [6.45, 7) is 4.60. The number of amides is 1. The summed E-state index contributed by atoms with van der Waals surface area (Å²) >= 11 is 0. The Morgan fingerprint density at radius 2 is 2.00 bits per heavy atom. The normalized spacial score (nSPS) is 12.0. The monoisotopic (exact) mass is 378 g/mol. The molecule has 0 bridgehead atoms. The Morgan fingerprint density at radius 1 is 1.21 bits per heavy atom. The van der Waals surface area contributed by atoms with Crippen LogP contribution < -0.4 is 0 Å². The highest BCUT2D eigenvalue weighted by Crippen LogP contribution is 2.26. The number of unbranched alkanes of at least 4 members (excludes halogenated alkanes) is 1. The minimum atomic E-state index is 0.00936. The fourth-order valence-corrected chi connectivity index (χ4v) is 3.22. The van der Waals surface area contributed by atoms with Gasteiger partial charge in [-0.15, -0.1) is 5.10 Å². The Kier molecular flexibility index (Phi) is 6.47. The molecule has 0 saturated heterocycles. The van der Waals surface area contributed by atoms with Crippen LogP contribution in [0.4, 0.5) is 0 Å². The molecule has 7 heteroatoms. The van der Waals surface area contributed by atoms with Gasteiger partial charge in [0.15, 0.2) is 0 Å². The Bertz CT molecular complexity index is 891. The van der Waals surface area contributed by atoms with E-state index in [1.54, 1.807) is 10.9 Å². The van der Waals surface area contributed by atoms with Gasteiger partial charge >= 0.3 is 0 Å². The van der Waals surface area contributed by atoms with Gasteiger partial charge in [0.25, 0.3) is 5.91 Å². The summed E-state index contributed by atoms with van der Waals surface area (Å²) in [4.78, 5) is 19.1. The summed E-state index contributed by atoms with van der Waals surface area (Å²) in [7, 11) is 1.87. The lowest BCUT2D eigenvalue weighted by molar-refractivity contribution is 0.0720. The maximum atomic E-state index is 13.1. The number of hydrogen-bond donors (Lipinski definition) is 0. The molecule has 0 N–H and O–H groups in total. The van der Waals surface area contributed by atoms with Crippen molar-refractivity contribution >= 4 is 5.91 Å². The van der Waals surface area contributed by atoms with Crippen LogP contribution in [0, 0.1) is 6.92 Å². The molecule has 0 radical (unpaired) electrons. The number of pyridine rings is 1. The number of rotatable bonds is 8. The molecule has 3 aromatic rings. The molecule has 3 rings (SSSR count). The third-order valence-corrected chi connectivity index (χ3v) is 4.93. The lowest BCUT2D eigenvalue weighted by atomic mass is 10.0. The van der Waals surface area contributed by atoms with Gasteiger partial charge in [-0.3, -0.25) is 9.78 Å². The van der Waals surface area contributed by atoms with Gasteiger partial charge in [-0.25, -0.2) is 4.68 Å². The molecule has 2 aromatic heterocycles. The molecule has 146 valence electrons. The Hall–Kier alpha value is -3.09. The van der Waals surface area contributed by atoms with Gasteiger partial charge in [0.05, 0.1) is 12.6 Å². The first-order valence-corrected chi connectivity index (χ1v) is 9.59. The topological polar surface area (TPSA) is 76.8 Å². The van der Waals surface area contributed by atoms with Crippen LogP contribution in [0.3, 0.4) is 0 Å². The summed E-state index contributed by atoms with van der Waals surface area (Å²) in [6, 6.07) is 11.6. The predicted octanol–water partition coefficient (Wildman–Crippen LogP) is 3.43. The Balaban J connectivity index is 1.74. The van der Waals surface area contributed by atoms with Crippen LogP contribution in [-0.2, 0) is 6.54 Å². The average Bonchev–Trinajstić information content (AvgIpc) is 3.13. The van der Waals surface area contributed by atoms with Gasteiger partial charge in [-0.1, -0.05) is 38.0 Å². The van der Waals surface area contributed by atoms with E-state index in [1.165, 1.54) is 0 Å². The highest BCUT2D eigenvalue weighted by atomic mass is 16.2. The number of carbonyl (C=O) groups is 1. The van der Waals surface area contributed by atoms with Crippen LogP contribution >= 0.6 is 0 Å². The van der Waals surface area contributed by atoms with Crippen LogP contribution in [0.15, 0.2) is 48.8 Å². The molecule has 28 heavy (non-hydrogen) atoms. The standard InChI is InChI=1S/C21H26N6O/c1-4-5-8-20(19-7-6-13-22-14-19)26(3)21(28)18-11-9-17(10-12-18)15-27-16(2)23-24-25-27/h6-7,9-14,20H,4-5,8,15H2,1-3H3/t20-/m1/s1. The van der Waals surface area contributed by atoms with Gasteiger partial charge in [-0.05, 0) is 53.1 Å². The second-order valence-corrected chi connectivity index (χ2v) is 6.94. The molecule has 7 nitrogen and oxygen atoms in total. The third-order valence-electron chi connectivity index (χ3n) is 4.93. The SMILES string of the molecule is CCCC[C@H](c1cccnc1)N(C)C(=O)c1ccc(Cn2nnnc2C)cc1. The van der Waals surface area contributed by atoms with E-state index in [2.05, 4.69) is 27.4 Å². The van der Waals surface area contributed by atoms with Crippen molar-refractivity contribution < 1.29 is 4.79 Å². The molecule has 0 spiro atoms. The first-order chi connectivity index (χ1) is 13.6. The van der Waals surface area contributed by atoms with Crippen molar-refractivity contribution in [1.82, 2.24) is 30.1 Å². The Labute approximate surface area is 165 Å². The number of nitrogens with zero attached hydrogens (tertiary/aromatic N) is 6. The van der Waals surface area contributed by atoms with Gasteiger partial charge in [-0.2, -0.15) is 0 Å². The van der Waals surface area contributed by atoms with Crippen molar-refractivity contribution in [2.75, 3.05) is 7.05 Å². The minimum absolute atomic E-state index is 0.00936. The van der Waals surface area contributed by atoms with E-state index in [-0.39, 0.29) is 11.9 Å². The Morgan fingerprint density at radius 3 is 2.61 bits per heavy atom. The molecule has 0 aliphatic carbocycles. The smallest absolute Gasteiger partial charge is 0.254 e. The molecule has 0 saturated carbocycles. The predicted molar refractivity (Wildman–Crippen MR) is 107 cm³/mol. The van der Waals surface area contributed by atoms with E-state index < -0.39 is 0 Å². The molecular formula is C21H26N6O. The van der Waals surface area contributed by atoms with Crippen LogP contribution in [0.5, 0.6) is 0 Å².